The van der Waals surface area contributed by atoms with Crippen molar-refractivity contribution >= 4 is 5.97 Å². The van der Waals surface area contributed by atoms with E-state index in [-0.39, 0.29) is 5.97 Å². The maximum absolute atomic E-state index is 10.9. The summed E-state index contributed by atoms with van der Waals surface area (Å²) in [6, 6.07) is 0. The minimum atomic E-state index is -0.661. The van der Waals surface area contributed by atoms with E-state index in [1.807, 2.05) is 19.0 Å². The number of hydrogen-bond donors (Lipinski definition) is 0. The lowest BCUT2D eigenvalue weighted by molar-refractivity contribution is -0.286. The monoisotopic (exact) mass is 247 g/mol. The van der Waals surface area contributed by atoms with Gasteiger partial charge in [0.2, 0.25) is 5.91 Å². The Hall–Kier alpha value is -0.650. The third-order valence-electron chi connectivity index (χ3n) is 2.92. The maximum atomic E-state index is 10.9. The normalized spacial score (nSPS) is 11.9. The predicted molar refractivity (Wildman–Crippen MR) is 65.5 cm³/mol. The first kappa shape index (κ1) is 16.4. The van der Waals surface area contributed by atoms with E-state index in [9.17, 15) is 4.79 Å². The van der Waals surface area contributed by atoms with E-state index in [0.717, 1.165) is 25.7 Å². The highest BCUT2D eigenvalue weighted by molar-refractivity contribution is 5.68. The molecule has 102 valence electrons. The molecule has 0 atom stereocenters. The van der Waals surface area contributed by atoms with Gasteiger partial charge in [-0.3, -0.25) is 9.69 Å². The maximum Gasteiger partial charge on any atom is 0.305 e. The Labute approximate surface area is 104 Å². The lowest BCUT2D eigenvalue weighted by Crippen LogP contribution is -2.47. The van der Waals surface area contributed by atoms with Gasteiger partial charge in [-0.2, -0.15) is 0 Å². The van der Waals surface area contributed by atoms with Gasteiger partial charge in [-0.15, -0.1) is 0 Å². The topological polar surface area (TPSA) is 48.0 Å². The highest BCUT2D eigenvalue weighted by Gasteiger charge is 2.31. The van der Waals surface area contributed by atoms with Crippen LogP contribution in [0.25, 0.3) is 0 Å². The summed E-state index contributed by atoms with van der Waals surface area (Å²) >= 11 is 0. The van der Waals surface area contributed by atoms with E-state index in [0.29, 0.717) is 6.42 Å². The number of carbonyl (C=O) groups excluding carboxylic acids is 1. The summed E-state index contributed by atoms with van der Waals surface area (Å²) in [5.74, 6) is -0.812. The number of esters is 1. The van der Waals surface area contributed by atoms with Crippen LogP contribution in [0.3, 0.4) is 0 Å². The zero-order valence-corrected chi connectivity index (χ0v) is 11.6. The van der Waals surface area contributed by atoms with Gasteiger partial charge in [-0.05, 0) is 26.9 Å². The van der Waals surface area contributed by atoms with Gasteiger partial charge in [0.1, 0.15) is 0 Å². The summed E-state index contributed by atoms with van der Waals surface area (Å²) in [5.41, 5.74) is 0. The van der Waals surface area contributed by atoms with Gasteiger partial charge in [0, 0.05) is 27.1 Å². The molecule has 0 aromatic carbocycles. The molecule has 0 aromatic heterocycles. The lowest BCUT2D eigenvalue weighted by atomic mass is 10.1. The van der Waals surface area contributed by atoms with Gasteiger partial charge >= 0.3 is 5.97 Å². The number of nitrogens with zero attached hydrogens (tertiary/aromatic N) is 1. The molecular weight excluding hydrogens is 222 g/mol. The molecule has 17 heavy (non-hydrogen) atoms. The van der Waals surface area contributed by atoms with E-state index in [2.05, 4.69) is 4.74 Å². The van der Waals surface area contributed by atoms with Crippen molar-refractivity contribution in [1.29, 1.82) is 0 Å². The molecule has 5 heteroatoms. The molecule has 5 nitrogen and oxygen atoms in total. The van der Waals surface area contributed by atoms with Crippen LogP contribution in [0.2, 0.25) is 0 Å². The molecule has 0 aliphatic heterocycles. The van der Waals surface area contributed by atoms with E-state index in [1.54, 1.807) is 14.2 Å². The molecule has 0 N–H and O–H groups in total. The summed E-state index contributed by atoms with van der Waals surface area (Å²) in [4.78, 5) is 12.8. The quantitative estimate of drug-likeness (QED) is 0.352. The Kier molecular flexibility index (Phi) is 8.12. The molecule has 0 bridgehead atoms. The van der Waals surface area contributed by atoms with Crippen molar-refractivity contribution in [2.24, 2.45) is 0 Å². The third kappa shape index (κ3) is 5.48. The average Bonchev–Trinajstić information content (AvgIpc) is 2.33. The molecule has 0 aliphatic rings. The molecule has 0 aromatic rings. The Balaban J connectivity index is 3.87. The standard InChI is InChI=1S/C12H25NO4/c1-13(2)12(16-4,17-5)10-8-6-7-9-11(14)15-3/h6-10H2,1-5H3. The number of rotatable bonds is 9. The smallest absolute Gasteiger partial charge is 0.305 e. The fourth-order valence-corrected chi connectivity index (χ4v) is 1.77. The van der Waals surface area contributed by atoms with Gasteiger partial charge in [-0.25, -0.2) is 0 Å². The Morgan fingerprint density at radius 3 is 2.06 bits per heavy atom. The molecule has 0 unspecified atom stereocenters. The number of unbranched alkanes of at least 4 members (excludes halogenated alkanes) is 2. The Morgan fingerprint density at radius 2 is 1.65 bits per heavy atom. The van der Waals surface area contributed by atoms with E-state index >= 15 is 0 Å². The van der Waals surface area contributed by atoms with Crippen molar-refractivity contribution in [3.8, 4) is 0 Å². The molecule has 0 saturated carbocycles. The van der Waals surface area contributed by atoms with Gasteiger partial charge < -0.3 is 14.2 Å². The van der Waals surface area contributed by atoms with Gasteiger partial charge in [0.15, 0.2) is 0 Å². The minimum absolute atomic E-state index is 0.151. The summed E-state index contributed by atoms with van der Waals surface area (Å²) in [6.07, 6.45) is 3.98. The van der Waals surface area contributed by atoms with Crippen molar-refractivity contribution in [3.05, 3.63) is 0 Å². The second-order valence-electron chi connectivity index (χ2n) is 4.15. The second kappa shape index (κ2) is 8.44. The van der Waals surface area contributed by atoms with Crippen LogP contribution in [-0.2, 0) is 19.0 Å². The highest BCUT2D eigenvalue weighted by atomic mass is 16.7. The molecule has 0 radical (unpaired) electrons. The van der Waals surface area contributed by atoms with Gasteiger partial charge in [0.05, 0.1) is 7.11 Å². The number of hydrogen-bond acceptors (Lipinski definition) is 5. The van der Waals surface area contributed by atoms with Crippen molar-refractivity contribution in [2.45, 2.75) is 38.0 Å². The summed E-state index contributed by atoms with van der Waals surface area (Å²) in [7, 11) is 8.52. The lowest BCUT2D eigenvalue weighted by Gasteiger charge is -2.36. The molecular formula is C12H25NO4. The molecule has 0 heterocycles. The van der Waals surface area contributed by atoms with Crippen LogP contribution in [-0.4, -0.2) is 52.2 Å². The fourth-order valence-electron chi connectivity index (χ4n) is 1.77. The first-order chi connectivity index (χ1) is 8.02. The first-order valence-electron chi connectivity index (χ1n) is 5.87. The average molecular weight is 247 g/mol. The van der Waals surface area contributed by atoms with Crippen LogP contribution >= 0.6 is 0 Å². The van der Waals surface area contributed by atoms with Gasteiger partial charge in [-0.1, -0.05) is 6.42 Å². The number of ether oxygens (including phenoxy) is 3. The SMILES string of the molecule is COC(=O)CCCCCC(OC)(OC)N(C)C. The number of methoxy groups -OCH3 is 3. The van der Waals surface area contributed by atoms with Crippen LogP contribution < -0.4 is 0 Å². The zero-order chi connectivity index (χ0) is 13.3. The van der Waals surface area contributed by atoms with Crippen LogP contribution in [0.5, 0.6) is 0 Å². The van der Waals surface area contributed by atoms with E-state index < -0.39 is 5.91 Å². The van der Waals surface area contributed by atoms with Crippen LogP contribution in [0.15, 0.2) is 0 Å². The zero-order valence-electron chi connectivity index (χ0n) is 11.6. The number of carbonyl (C=O) groups is 1. The van der Waals surface area contributed by atoms with E-state index in [1.165, 1.54) is 7.11 Å². The molecule has 0 spiro atoms. The summed E-state index contributed by atoms with van der Waals surface area (Å²) < 4.78 is 15.4. The fraction of sp³-hybridized carbons (Fsp3) is 0.917. The largest absolute Gasteiger partial charge is 0.469 e. The Bertz CT molecular complexity index is 215. The van der Waals surface area contributed by atoms with Crippen molar-refractivity contribution in [3.63, 3.8) is 0 Å². The van der Waals surface area contributed by atoms with Crippen LogP contribution in [0, 0.1) is 0 Å². The molecule has 0 fully saturated rings. The van der Waals surface area contributed by atoms with Crippen molar-refractivity contribution in [1.82, 2.24) is 4.90 Å². The first-order valence-corrected chi connectivity index (χ1v) is 5.87. The molecule has 0 amide bonds. The summed E-state index contributed by atoms with van der Waals surface area (Å²) in [6.45, 7) is 0. The van der Waals surface area contributed by atoms with Gasteiger partial charge in [0.25, 0.3) is 0 Å². The van der Waals surface area contributed by atoms with Crippen molar-refractivity contribution < 1.29 is 19.0 Å². The van der Waals surface area contributed by atoms with Crippen molar-refractivity contribution in [2.75, 3.05) is 35.4 Å². The third-order valence-corrected chi connectivity index (χ3v) is 2.92. The second-order valence-corrected chi connectivity index (χ2v) is 4.15. The van der Waals surface area contributed by atoms with E-state index in [4.69, 9.17) is 9.47 Å². The predicted octanol–water partition coefficient (Wildman–Crippen LogP) is 1.62. The van der Waals surface area contributed by atoms with Crippen LogP contribution in [0.1, 0.15) is 32.1 Å². The highest BCUT2D eigenvalue weighted by Crippen LogP contribution is 2.22. The van der Waals surface area contributed by atoms with Crippen LogP contribution in [0.4, 0.5) is 0 Å². The summed E-state index contributed by atoms with van der Waals surface area (Å²) in [5, 5.41) is 0. The minimum Gasteiger partial charge on any atom is -0.469 e. The molecule has 0 aliphatic carbocycles. The Morgan fingerprint density at radius 1 is 1.06 bits per heavy atom. The molecule has 0 saturated heterocycles. The molecule has 0 rings (SSSR count).